The van der Waals surface area contributed by atoms with Crippen LogP contribution < -0.4 is 5.73 Å². The summed E-state index contributed by atoms with van der Waals surface area (Å²) in [5.74, 6) is -1.24. The Balaban J connectivity index is 3.27. The van der Waals surface area contributed by atoms with Crippen LogP contribution in [0.1, 0.15) is 12.0 Å². The van der Waals surface area contributed by atoms with Crippen LogP contribution in [0.15, 0.2) is 6.20 Å². The van der Waals surface area contributed by atoms with Gasteiger partial charge in [-0.15, -0.1) is 0 Å². The van der Waals surface area contributed by atoms with Gasteiger partial charge in [0.25, 0.3) is 6.43 Å². The zero-order valence-electron chi connectivity index (χ0n) is 5.69. The Morgan fingerprint density at radius 1 is 1.50 bits per heavy atom. The first-order chi connectivity index (χ1) is 5.54. The van der Waals surface area contributed by atoms with Gasteiger partial charge in [-0.3, -0.25) is 0 Å². The molecule has 1 rings (SSSR count). The van der Waals surface area contributed by atoms with Gasteiger partial charge < -0.3 is 5.73 Å². The maximum Gasteiger partial charge on any atom is 0.266 e. The molecule has 0 aliphatic heterocycles. The number of hydrogen-bond donors (Lipinski definition) is 1. The molecular weight excluding hydrogens is 284 g/mol. The third kappa shape index (κ3) is 1.62. The van der Waals surface area contributed by atoms with Gasteiger partial charge in [-0.05, 0) is 22.6 Å². The maximum absolute atomic E-state index is 12.8. The van der Waals surface area contributed by atoms with E-state index < -0.39 is 17.8 Å². The molecule has 0 unspecified atom stereocenters. The highest BCUT2D eigenvalue weighted by Gasteiger charge is 2.17. The number of rotatable bonds is 1. The summed E-state index contributed by atoms with van der Waals surface area (Å²) >= 11 is 1.47. The summed E-state index contributed by atoms with van der Waals surface area (Å²) in [6.45, 7) is 0. The van der Waals surface area contributed by atoms with E-state index in [1.165, 1.54) is 22.6 Å². The SMILES string of the molecule is Nc1ncc(C(F)F)c(I)c1F. The highest BCUT2D eigenvalue weighted by atomic mass is 127. The number of nitrogens with two attached hydrogens (primary N) is 1. The molecule has 1 aromatic rings. The number of nitrogens with zero attached hydrogens (tertiary/aromatic N) is 1. The van der Waals surface area contributed by atoms with Crippen LogP contribution >= 0.6 is 22.6 Å². The maximum atomic E-state index is 12.8. The predicted octanol–water partition coefficient (Wildman–Crippen LogP) is 2.35. The van der Waals surface area contributed by atoms with E-state index in [1.54, 1.807) is 0 Å². The van der Waals surface area contributed by atoms with Crippen molar-refractivity contribution in [2.45, 2.75) is 6.43 Å². The fourth-order valence-corrected chi connectivity index (χ4v) is 1.29. The average molecular weight is 288 g/mol. The Hall–Kier alpha value is -0.530. The van der Waals surface area contributed by atoms with Crippen molar-refractivity contribution in [3.8, 4) is 0 Å². The van der Waals surface area contributed by atoms with Crippen molar-refractivity contribution in [2.75, 3.05) is 5.73 Å². The third-order valence-electron chi connectivity index (χ3n) is 1.25. The van der Waals surface area contributed by atoms with Gasteiger partial charge in [-0.2, -0.15) is 0 Å². The van der Waals surface area contributed by atoms with Crippen LogP contribution in [0.25, 0.3) is 0 Å². The summed E-state index contributed by atoms with van der Waals surface area (Å²) in [5.41, 5.74) is 4.63. The topological polar surface area (TPSA) is 38.9 Å². The van der Waals surface area contributed by atoms with E-state index in [4.69, 9.17) is 5.73 Å². The van der Waals surface area contributed by atoms with Gasteiger partial charge in [0.2, 0.25) is 0 Å². The van der Waals surface area contributed by atoms with Gasteiger partial charge in [0.1, 0.15) is 0 Å². The molecule has 6 heteroatoms. The van der Waals surface area contributed by atoms with Gasteiger partial charge in [0.05, 0.1) is 9.13 Å². The average Bonchev–Trinajstić information content (AvgIpc) is 2.00. The molecule has 12 heavy (non-hydrogen) atoms. The number of hydrogen-bond acceptors (Lipinski definition) is 2. The van der Waals surface area contributed by atoms with Gasteiger partial charge in [0.15, 0.2) is 11.6 Å². The molecular formula is C6H4F3IN2. The fraction of sp³-hybridized carbons (Fsp3) is 0.167. The number of anilines is 1. The van der Waals surface area contributed by atoms with E-state index in [0.717, 1.165) is 6.20 Å². The normalized spacial score (nSPS) is 10.8. The molecule has 0 aliphatic rings. The van der Waals surface area contributed by atoms with Gasteiger partial charge in [0, 0.05) is 6.20 Å². The van der Waals surface area contributed by atoms with E-state index in [1.807, 2.05) is 0 Å². The summed E-state index contributed by atoms with van der Waals surface area (Å²) in [4.78, 5) is 3.28. The lowest BCUT2D eigenvalue weighted by Gasteiger charge is -2.04. The lowest BCUT2D eigenvalue weighted by atomic mass is 10.3. The van der Waals surface area contributed by atoms with Crippen molar-refractivity contribution < 1.29 is 13.2 Å². The van der Waals surface area contributed by atoms with Crippen molar-refractivity contribution in [1.29, 1.82) is 0 Å². The van der Waals surface area contributed by atoms with Gasteiger partial charge in [-0.1, -0.05) is 0 Å². The summed E-state index contributed by atoms with van der Waals surface area (Å²) < 4.78 is 36.8. The van der Waals surface area contributed by atoms with Crippen LogP contribution in [0.4, 0.5) is 19.0 Å². The third-order valence-corrected chi connectivity index (χ3v) is 2.35. The van der Waals surface area contributed by atoms with Crippen molar-refractivity contribution in [3.63, 3.8) is 0 Å². The monoisotopic (exact) mass is 288 g/mol. The lowest BCUT2D eigenvalue weighted by Crippen LogP contribution is -2.01. The zero-order chi connectivity index (χ0) is 9.30. The molecule has 0 aliphatic carbocycles. The molecule has 0 spiro atoms. The van der Waals surface area contributed by atoms with Crippen LogP contribution in [0, 0.1) is 9.39 Å². The Morgan fingerprint density at radius 3 is 2.58 bits per heavy atom. The second-order valence-electron chi connectivity index (χ2n) is 2.03. The van der Waals surface area contributed by atoms with Gasteiger partial charge >= 0.3 is 0 Å². The summed E-state index contributed by atoms with van der Waals surface area (Å²) in [5, 5.41) is 0. The van der Waals surface area contributed by atoms with Crippen molar-refractivity contribution in [1.82, 2.24) is 4.98 Å². The molecule has 0 radical (unpaired) electrons. The van der Waals surface area contributed by atoms with E-state index in [2.05, 4.69) is 4.98 Å². The van der Waals surface area contributed by atoms with Crippen molar-refractivity contribution in [2.24, 2.45) is 0 Å². The Labute approximate surface area is 80.1 Å². The zero-order valence-corrected chi connectivity index (χ0v) is 7.85. The number of pyridine rings is 1. The first-order valence-corrected chi connectivity index (χ1v) is 3.99. The molecule has 1 aromatic heterocycles. The first kappa shape index (κ1) is 9.56. The largest absolute Gasteiger partial charge is 0.381 e. The summed E-state index contributed by atoms with van der Waals surface area (Å²) in [6, 6.07) is 0. The molecule has 0 saturated carbocycles. The molecule has 0 atom stereocenters. The highest BCUT2D eigenvalue weighted by molar-refractivity contribution is 14.1. The predicted molar refractivity (Wildman–Crippen MR) is 46.3 cm³/mol. The molecule has 0 aromatic carbocycles. The fourth-order valence-electron chi connectivity index (χ4n) is 0.644. The Morgan fingerprint density at radius 2 is 2.08 bits per heavy atom. The van der Waals surface area contributed by atoms with E-state index in [0.29, 0.717) is 0 Å². The lowest BCUT2D eigenvalue weighted by molar-refractivity contribution is 0.149. The minimum Gasteiger partial charge on any atom is -0.381 e. The van der Waals surface area contributed by atoms with E-state index >= 15 is 0 Å². The number of halogens is 4. The molecule has 1 heterocycles. The molecule has 0 saturated heterocycles. The molecule has 2 nitrogen and oxygen atoms in total. The minimum atomic E-state index is -2.72. The Bertz CT molecular complexity index is 303. The van der Waals surface area contributed by atoms with Crippen molar-refractivity contribution in [3.05, 3.63) is 21.1 Å². The number of nitrogen functional groups attached to an aromatic ring is 1. The molecule has 2 N–H and O–H groups in total. The Kier molecular flexibility index (Phi) is 2.76. The second-order valence-corrected chi connectivity index (χ2v) is 3.11. The quantitative estimate of drug-likeness (QED) is 0.806. The van der Waals surface area contributed by atoms with Gasteiger partial charge in [-0.25, -0.2) is 18.2 Å². The summed E-state index contributed by atoms with van der Waals surface area (Å²) in [6.07, 6.45) is -1.84. The van der Waals surface area contributed by atoms with Crippen molar-refractivity contribution >= 4 is 28.4 Å². The van der Waals surface area contributed by atoms with Crippen LogP contribution in [-0.2, 0) is 0 Å². The van der Waals surface area contributed by atoms with Crippen LogP contribution in [0.5, 0.6) is 0 Å². The highest BCUT2D eigenvalue weighted by Crippen LogP contribution is 2.27. The molecule has 0 fully saturated rings. The van der Waals surface area contributed by atoms with E-state index in [9.17, 15) is 13.2 Å². The standard InChI is InChI=1S/C6H4F3IN2/c7-3-4(10)2(5(8)9)1-12-6(3)11/h1,5H,(H2,11,12). The first-order valence-electron chi connectivity index (χ1n) is 2.91. The number of alkyl halides is 2. The van der Waals surface area contributed by atoms with Crippen LogP contribution in [0.3, 0.4) is 0 Å². The molecule has 0 bridgehead atoms. The van der Waals surface area contributed by atoms with Crippen LogP contribution in [-0.4, -0.2) is 4.98 Å². The number of aromatic nitrogens is 1. The second kappa shape index (κ2) is 3.46. The van der Waals surface area contributed by atoms with Crippen LogP contribution in [0.2, 0.25) is 0 Å². The molecule has 0 amide bonds. The summed E-state index contributed by atoms with van der Waals surface area (Å²) in [7, 11) is 0. The minimum absolute atomic E-state index is 0.171. The smallest absolute Gasteiger partial charge is 0.266 e. The molecule has 66 valence electrons. The van der Waals surface area contributed by atoms with E-state index in [-0.39, 0.29) is 9.39 Å².